The van der Waals surface area contributed by atoms with Crippen LogP contribution in [0, 0.1) is 0 Å². The van der Waals surface area contributed by atoms with Gasteiger partial charge in [-0.15, -0.1) is 0 Å². The summed E-state index contributed by atoms with van der Waals surface area (Å²) in [7, 11) is -4.17. The van der Waals surface area contributed by atoms with Gasteiger partial charge in [-0.3, -0.25) is 4.55 Å². The van der Waals surface area contributed by atoms with Crippen molar-refractivity contribution in [2.75, 3.05) is 0 Å². The molecule has 0 unspecified atom stereocenters. The molecule has 2 aliphatic carbocycles. The zero-order valence-corrected chi connectivity index (χ0v) is 6.38. The van der Waals surface area contributed by atoms with E-state index in [2.05, 4.69) is 29.4 Å². The second-order valence-corrected chi connectivity index (χ2v) is 3.12. The summed E-state index contributed by atoms with van der Waals surface area (Å²) in [5.74, 6) is 0. The van der Waals surface area contributed by atoms with E-state index in [9.17, 15) is 0 Å². The lowest BCUT2D eigenvalue weighted by Crippen LogP contribution is -2.08. The van der Waals surface area contributed by atoms with E-state index in [-0.39, 0.29) is 0 Å². The minimum atomic E-state index is -4.17. The Morgan fingerprint density at radius 3 is 1.27 bits per heavy atom. The van der Waals surface area contributed by atoms with Crippen LogP contribution in [0.5, 0.6) is 0 Å². The maximum Gasteiger partial charge on any atom is 0.330 e. The van der Waals surface area contributed by atoms with E-state index in [0.717, 1.165) is 0 Å². The van der Waals surface area contributed by atoms with E-state index >= 15 is 0 Å². The summed E-state index contributed by atoms with van der Waals surface area (Å²) < 4.78 is 25.2. The fourth-order valence-corrected chi connectivity index (χ4v) is 0.663. The van der Waals surface area contributed by atoms with Gasteiger partial charge < -0.3 is 0 Å². The van der Waals surface area contributed by atoms with Gasteiger partial charge in [-0.25, -0.2) is 5.14 Å². The van der Waals surface area contributed by atoms with Crippen LogP contribution in [0.3, 0.4) is 0 Å². The molecule has 60 valence electrons. The molecule has 0 saturated heterocycles. The van der Waals surface area contributed by atoms with Crippen molar-refractivity contribution in [3.8, 4) is 11.1 Å². The van der Waals surface area contributed by atoms with Crippen LogP contribution in [-0.2, 0) is 10.3 Å². The van der Waals surface area contributed by atoms with Gasteiger partial charge in [0.2, 0.25) is 0 Å². The summed E-state index contributed by atoms with van der Waals surface area (Å²) in [6, 6.07) is 8.48. The lowest BCUT2D eigenvalue weighted by Gasteiger charge is -2.10. The Kier molecular flexibility index (Phi) is 1.95. The molecular formula is C6H7NO3S. The van der Waals surface area contributed by atoms with Gasteiger partial charge >= 0.3 is 10.3 Å². The molecule has 4 nitrogen and oxygen atoms in total. The first-order valence-corrected chi connectivity index (χ1v) is 4.33. The molecule has 2 rings (SSSR count). The molecule has 2 aliphatic rings. The Balaban J connectivity index is 0.000000114. The summed E-state index contributed by atoms with van der Waals surface area (Å²) in [5.41, 5.74) is 2.85. The Labute approximate surface area is 64.5 Å². The Morgan fingerprint density at radius 2 is 1.27 bits per heavy atom. The average molecular weight is 173 g/mol. The molecule has 3 N–H and O–H groups in total. The molecule has 0 amide bonds. The van der Waals surface area contributed by atoms with Gasteiger partial charge in [-0.05, 0) is 11.1 Å². The van der Waals surface area contributed by atoms with Gasteiger partial charge in [0.1, 0.15) is 0 Å². The molecule has 5 heteroatoms. The summed E-state index contributed by atoms with van der Waals surface area (Å²) in [6.45, 7) is 0. The molecule has 0 heterocycles. The van der Waals surface area contributed by atoms with Crippen LogP contribution in [0.15, 0.2) is 24.3 Å². The number of nitrogens with two attached hydrogens (primary N) is 1. The van der Waals surface area contributed by atoms with Crippen molar-refractivity contribution < 1.29 is 13.0 Å². The third-order valence-corrected chi connectivity index (χ3v) is 1.22. The number of benzene rings is 1. The molecule has 0 aromatic rings. The first-order chi connectivity index (χ1) is 4.97. The lowest BCUT2D eigenvalue weighted by molar-refractivity contribution is 0.485. The second kappa shape index (κ2) is 2.61. The highest BCUT2D eigenvalue weighted by molar-refractivity contribution is 7.83. The second-order valence-electron chi connectivity index (χ2n) is 2.09. The fraction of sp³-hybridized carbons (Fsp3) is 0. The molecule has 11 heavy (non-hydrogen) atoms. The Hall–Kier alpha value is -0.910. The summed E-state index contributed by atoms with van der Waals surface area (Å²) in [4.78, 5) is 0. The van der Waals surface area contributed by atoms with Gasteiger partial charge in [0.15, 0.2) is 0 Å². The highest BCUT2D eigenvalue weighted by Crippen LogP contribution is 2.29. The lowest BCUT2D eigenvalue weighted by atomic mass is 9.95. The topological polar surface area (TPSA) is 80.4 Å². The van der Waals surface area contributed by atoms with E-state index in [1.54, 1.807) is 0 Å². The highest BCUT2D eigenvalue weighted by Gasteiger charge is 2.03. The number of hydrogen-bond acceptors (Lipinski definition) is 2. The first kappa shape index (κ1) is 8.19. The van der Waals surface area contributed by atoms with Gasteiger partial charge in [0.05, 0.1) is 0 Å². The summed E-state index contributed by atoms with van der Waals surface area (Å²) >= 11 is 0. The van der Waals surface area contributed by atoms with Crippen LogP contribution in [0.2, 0.25) is 0 Å². The quantitative estimate of drug-likeness (QED) is 0.566. The zero-order valence-electron chi connectivity index (χ0n) is 5.56. The first-order valence-electron chi connectivity index (χ1n) is 2.82. The summed E-state index contributed by atoms with van der Waals surface area (Å²) in [5, 5.41) is 3.88. The van der Waals surface area contributed by atoms with E-state index in [0.29, 0.717) is 0 Å². The minimum absolute atomic E-state index is 1.43. The van der Waals surface area contributed by atoms with Gasteiger partial charge in [-0.2, -0.15) is 8.42 Å². The molecule has 0 bridgehead atoms. The molecule has 0 aliphatic heterocycles. The molecule has 0 fully saturated rings. The maximum atomic E-state index is 8.97. The molecule has 0 saturated carbocycles. The molecule has 0 radical (unpaired) electrons. The van der Waals surface area contributed by atoms with Crippen LogP contribution in [0.25, 0.3) is 11.1 Å². The van der Waals surface area contributed by atoms with Crippen molar-refractivity contribution in [2.24, 2.45) is 5.14 Å². The molecular weight excluding hydrogens is 166 g/mol. The van der Waals surface area contributed by atoms with E-state index in [4.69, 9.17) is 13.0 Å². The minimum Gasteiger partial charge on any atom is -0.274 e. The van der Waals surface area contributed by atoms with E-state index in [1.165, 1.54) is 11.1 Å². The molecule has 0 spiro atoms. The van der Waals surface area contributed by atoms with Crippen LogP contribution < -0.4 is 5.14 Å². The van der Waals surface area contributed by atoms with Gasteiger partial charge in [0, 0.05) is 0 Å². The summed E-state index contributed by atoms with van der Waals surface area (Å²) in [6.07, 6.45) is 0. The number of hydrogen-bond donors (Lipinski definition) is 2. The molecule has 0 atom stereocenters. The SMILES string of the molecule is NS(=O)(=O)O.c1cc2ccc1-2. The van der Waals surface area contributed by atoms with Crippen molar-refractivity contribution in [1.82, 2.24) is 0 Å². The molecule has 0 aromatic carbocycles. The number of fused-ring (bicyclic) bond motifs is 1. The fourth-order valence-electron chi connectivity index (χ4n) is 0.663. The molecule has 0 aromatic heterocycles. The predicted molar refractivity (Wildman–Crippen MR) is 41.2 cm³/mol. The van der Waals surface area contributed by atoms with Crippen LogP contribution in [0.1, 0.15) is 0 Å². The zero-order chi connectivity index (χ0) is 8.48. The van der Waals surface area contributed by atoms with Crippen molar-refractivity contribution in [2.45, 2.75) is 0 Å². The maximum absolute atomic E-state index is 8.97. The average Bonchev–Trinajstić information content (AvgIpc) is 1.74. The van der Waals surface area contributed by atoms with Crippen molar-refractivity contribution >= 4 is 10.3 Å². The largest absolute Gasteiger partial charge is 0.330 e. The third kappa shape index (κ3) is 2.67. The van der Waals surface area contributed by atoms with Gasteiger partial charge in [-0.1, -0.05) is 24.3 Å². The normalized spacial score (nSPS) is 11.5. The standard InChI is InChI=1S/C6H4.H3NO3S/c1-2-6-4-3-5(1)6;1-5(2,3)4/h1-4H;(H3,1,2,3,4). The third-order valence-electron chi connectivity index (χ3n) is 1.22. The van der Waals surface area contributed by atoms with Crippen molar-refractivity contribution in [3.63, 3.8) is 0 Å². The van der Waals surface area contributed by atoms with Crippen LogP contribution in [-0.4, -0.2) is 13.0 Å². The smallest absolute Gasteiger partial charge is 0.274 e. The van der Waals surface area contributed by atoms with Crippen molar-refractivity contribution in [1.29, 1.82) is 0 Å². The van der Waals surface area contributed by atoms with Gasteiger partial charge in [0.25, 0.3) is 0 Å². The Morgan fingerprint density at radius 1 is 1.09 bits per heavy atom. The highest BCUT2D eigenvalue weighted by atomic mass is 32.2. The van der Waals surface area contributed by atoms with Crippen LogP contribution in [0.4, 0.5) is 0 Å². The van der Waals surface area contributed by atoms with E-state index in [1.807, 2.05) is 0 Å². The number of rotatable bonds is 0. The monoisotopic (exact) mass is 173 g/mol. The van der Waals surface area contributed by atoms with Crippen LogP contribution >= 0.6 is 0 Å². The van der Waals surface area contributed by atoms with Crippen molar-refractivity contribution in [3.05, 3.63) is 24.3 Å². The Bertz CT molecular complexity index is 312. The predicted octanol–water partition coefficient (Wildman–Crippen LogP) is 0.415. The van der Waals surface area contributed by atoms with E-state index < -0.39 is 10.3 Å².